The number of hydrogen-bond donors (Lipinski definition) is 1. The number of nitrogens with one attached hydrogen (secondary N) is 1. The van der Waals surface area contributed by atoms with E-state index in [-0.39, 0.29) is 0 Å². The number of aromatic nitrogens is 3. The number of hydrogen-bond acceptors (Lipinski definition) is 5. The van der Waals surface area contributed by atoms with Gasteiger partial charge in [0.05, 0.1) is 18.0 Å². The molecular weight excluding hydrogens is 288 g/mol. The summed E-state index contributed by atoms with van der Waals surface area (Å²) in [6.45, 7) is 2.50. The molecule has 1 saturated carbocycles. The number of rotatable bonds is 4. The predicted octanol–water partition coefficient (Wildman–Crippen LogP) is 2.30. The normalized spacial score (nSPS) is 22.3. The van der Waals surface area contributed by atoms with Crippen LogP contribution >= 0.6 is 0 Å². The molecule has 1 saturated heterocycles. The number of nitriles is 1. The van der Waals surface area contributed by atoms with Crippen molar-refractivity contribution in [1.29, 1.82) is 5.26 Å². The van der Waals surface area contributed by atoms with Gasteiger partial charge in [0.1, 0.15) is 17.8 Å². The van der Waals surface area contributed by atoms with Gasteiger partial charge >= 0.3 is 0 Å². The summed E-state index contributed by atoms with van der Waals surface area (Å²) in [6, 6.07) is 5.48. The van der Waals surface area contributed by atoms with E-state index in [1.807, 2.05) is 12.3 Å². The number of H-pyrrole nitrogens is 1. The van der Waals surface area contributed by atoms with Crippen LogP contribution in [0.2, 0.25) is 0 Å². The first-order chi connectivity index (χ1) is 11.4. The van der Waals surface area contributed by atoms with Gasteiger partial charge < -0.3 is 9.88 Å². The lowest BCUT2D eigenvalue weighted by molar-refractivity contribution is 0.166. The SMILES string of the molecule is N#CCN(C1CCCC1)[C@H]1CCN(c2ncnc3[nH]ccc23)C1. The molecule has 1 N–H and O–H groups in total. The van der Waals surface area contributed by atoms with Crippen molar-refractivity contribution in [2.75, 3.05) is 24.5 Å². The minimum Gasteiger partial charge on any atom is -0.354 e. The van der Waals surface area contributed by atoms with Crippen LogP contribution in [0.25, 0.3) is 11.0 Å². The van der Waals surface area contributed by atoms with Crippen molar-refractivity contribution in [3.05, 3.63) is 18.6 Å². The van der Waals surface area contributed by atoms with Crippen LogP contribution in [-0.4, -0.2) is 51.6 Å². The molecule has 2 aromatic heterocycles. The third kappa shape index (κ3) is 2.66. The molecule has 0 bridgehead atoms. The Balaban J connectivity index is 1.54. The van der Waals surface area contributed by atoms with Crippen LogP contribution in [0, 0.1) is 11.3 Å². The zero-order valence-corrected chi connectivity index (χ0v) is 13.3. The van der Waals surface area contributed by atoms with Gasteiger partial charge in [-0.25, -0.2) is 9.97 Å². The molecule has 0 radical (unpaired) electrons. The van der Waals surface area contributed by atoms with Crippen LogP contribution < -0.4 is 4.90 Å². The maximum Gasteiger partial charge on any atom is 0.142 e. The smallest absolute Gasteiger partial charge is 0.142 e. The molecule has 0 spiro atoms. The summed E-state index contributed by atoms with van der Waals surface area (Å²) in [5, 5.41) is 10.3. The van der Waals surface area contributed by atoms with Crippen molar-refractivity contribution in [3.63, 3.8) is 0 Å². The first kappa shape index (κ1) is 14.5. The van der Waals surface area contributed by atoms with Crippen LogP contribution in [0.3, 0.4) is 0 Å². The highest BCUT2D eigenvalue weighted by atomic mass is 15.3. The minimum atomic E-state index is 0.460. The van der Waals surface area contributed by atoms with Crippen molar-refractivity contribution < 1.29 is 0 Å². The summed E-state index contributed by atoms with van der Waals surface area (Å²) in [7, 11) is 0. The highest BCUT2D eigenvalue weighted by molar-refractivity contribution is 5.87. The van der Waals surface area contributed by atoms with E-state index < -0.39 is 0 Å². The van der Waals surface area contributed by atoms with Gasteiger partial charge in [-0.15, -0.1) is 0 Å². The van der Waals surface area contributed by atoms with Gasteiger partial charge in [-0.2, -0.15) is 5.26 Å². The maximum absolute atomic E-state index is 9.22. The number of anilines is 1. The quantitative estimate of drug-likeness (QED) is 0.877. The molecule has 6 nitrogen and oxygen atoms in total. The molecule has 4 rings (SSSR count). The van der Waals surface area contributed by atoms with Gasteiger partial charge in [0.2, 0.25) is 0 Å². The lowest BCUT2D eigenvalue weighted by Crippen LogP contribution is -2.43. The Morgan fingerprint density at radius 2 is 2.13 bits per heavy atom. The molecule has 0 unspecified atom stereocenters. The lowest BCUT2D eigenvalue weighted by Gasteiger charge is -2.32. The standard InChI is InChI=1S/C17H22N6/c18-7-10-23(13-3-1-2-4-13)14-6-9-22(11-14)17-15-5-8-19-16(15)20-12-21-17/h5,8,12-14H,1-4,6,9-11H2,(H,19,20,21)/t14-/m0/s1. The zero-order valence-electron chi connectivity index (χ0n) is 13.3. The van der Waals surface area contributed by atoms with Gasteiger partial charge in [0, 0.05) is 31.4 Å². The zero-order chi connectivity index (χ0) is 15.6. The Morgan fingerprint density at radius 1 is 1.26 bits per heavy atom. The van der Waals surface area contributed by atoms with E-state index in [1.54, 1.807) is 6.33 Å². The van der Waals surface area contributed by atoms with Crippen LogP contribution in [0.5, 0.6) is 0 Å². The fraction of sp³-hybridized carbons (Fsp3) is 0.588. The van der Waals surface area contributed by atoms with Gasteiger partial charge in [-0.05, 0) is 25.3 Å². The van der Waals surface area contributed by atoms with Gasteiger partial charge in [-0.3, -0.25) is 4.90 Å². The summed E-state index contributed by atoms with van der Waals surface area (Å²) in [5.74, 6) is 1.02. The topological polar surface area (TPSA) is 71.8 Å². The summed E-state index contributed by atoms with van der Waals surface area (Å²) < 4.78 is 0. The Kier molecular flexibility index (Phi) is 3.88. The van der Waals surface area contributed by atoms with Gasteiger partial charge in [0.15, 0.2) is 0 Å². The molecule has 2 aromatic rings. The van der Waals surface area contributed by atoms with E-state index in [1.165, 1.54) is 25.7 Å². The lowest BCUT2D eigenvalue weighted by atomic mass is 10.1. The molecular formula is C17H22N6. The molecule has 23 heavy (non-hydrogen) atoms. The Hall–Kier alpha value is -2.13. The van der Waals surface area contributed by atoms with E-state index in [2.05, 4.69) is 30.8 Å². The number of nitrogens with zero attached hydrogens (tertiary/aromatic N) is 5. The van der Waals surface area contributed by atoms with Crippen LogP contribution in [0.15, 0.2) is 18.6 Å². The fourth-order valence-electron chi connectivity index (χ4n) is 4.19. The second-order valence-electron chi connectivity index (χ2n) is 6.59. The fourth-order valence-corrected chi connectivity index (χ4v) is 4.19. The summed E-state index contributed by atoms with van der Waals surface area (Å²) in [6.07, 6.45) is 9.75. The Bertz CT molecular complexity index is 711. The van der Waals surface area contributed by atoms with E-state index in [0.717, 1.165) is 36.4 Å². The molecule has 0 aromatic carbocycles. The highest BCUT2D eigenvalue weighted by Gasteiger charge is 2.34. The van der Waals surface area contributed by atoms with Crippen molar-refractivity contribution in [2.24, 2.45) is 0 Å². The monoisotopic (exact) mass is 310 g/mol. The van der Waals surface area contributed by atoms with E-state index >= 15 is 0 Å². The first-order valence-corrected chi connectivity index (χ1v) is 8.52. The van der Waals surface area contributed by atoms with Crippen LogP contribution in [-0.2, 0) is 0 Å². The third-order valence-corrected chi connectivity index (χ3v) is 5.31. The largest absolute Gasteiger partial charge is 0.354 e. The molecule has 2 aliphatic rings. The van der Waals surface area contributed by atoms with E-state index in [4.69, 9.17) is 0 Å². The summed E-state index contributed by atoms with van der Waals surface area (Å²) in [5.41, 5.74) is 0.892. The maximum atomic E-state index is 9.22. The molecule has 2 fully saturated rings. The molecule has 0 amide bonds. The van der Waals surface area contributed by atoms with Crippen LogP contribution in [0.4, 0.5) is 5.82 Å². The minimum absolute atomic E-state index is 0.460. The molecule has 1 aliphatic carbocycles. The molecule has 120 valence electrons. The van der Waals surface area contributed by atoms with Crippen molar-refractivity contribution in [2.45, 2.75) is 44.2 Å². The average Bonchev–Trinajstić information content (AvgIpc) is 3.32. The number of fused-ring (bicyclic) bond motifs is 1. The highest BCUT2D eigenvalue weighted by Crippen LogP contribution is 2.31. The van der Waals surface area contributed by atoms with Crippen molar-refractivity contribution in [1.82, 2.24) is 19.9 Å². The Labute approximate surface area is 136 Å². The van der Waals surface area contributed by atoms with Crippen molar-refractivity contribution in [3.8, 4) is 6.07 Å². The summed E-state index contributed by atoms with van der Waals surface area (Å²) >= 11 is 0. The van der Waals surface area contributed by atoms with Gasteiger partial charge in [0.25, 0.3) is 0 Å². The second kappa shape index (κ2) is 6.17. The number of aromatic amines is 1. The predicted molar refractivity (Wildman–Crippen MR) is 89.1 cm³/mol. The van der Waals surface area contributed by atoms with E-state index in [0.29, 0.717) is 18.6 Å². The second-order valence-corrected chi connectivity index (χ2v) is 6.59. The first-order valence-electron chi connectivity index (χ1n) is 8.52. The average molecular weight is 310 g/mol. The van der Waals surface area contributed by atoms with Crippen LogP contribution in [0.1, 0.15) is 32.1 Å². The summed E-state index contributed by atoms with van der Waals surface area (Å²) in [4.78, 5) is 16.7. The third-order valence-electron chi connectivity index (χ3n) is 5.31. The molecule has 3 heterocycles. The van der Waals surface area contributed by atoms with Gasteiger partial charge in [-0.1, -0.05) is 12.8 Å². The molecule has 1 atom stereocenters. The van der Waals surface area contributed by atoms with E-state index in [9.17, 15) is 5.26 Å². The Morgan fingerprint density at radius 3 is 2.96 bits per heavy atom. The molecule has 6 heteroatoms. The van der Waals surface area contributed by atoms with Crippen molar-refractivity contribution >= 4 is 16.9 Å². The molecule has 1 aliphatic heterocycles.